The summed E-state index contributed by atoms with van der Waals surface area (Å²) in [6.45, 7) is 4.58. The van der Waals surface area contributed by atoms with E-state index in [-0.39, 0.29) is 18.3 Å². The molecule has 2 rings (SSSR count). The molecule has 0 radical (unpaired) electrons. The zero-order valence-electron chi connectivity index (χ0n) is 13.4. The highest BCUT2D eigenvalue weighted by molar-refractivity contribution is 6.31. The highest BCUT2D eigenvalue weighted by atomic mass is 35.5. The molecule has 2 aromatic rings. The Kier molecular flexibility index (Phi) is 8.55. The smallest absolute Gasteiger partial charge is 0.240 e. The summed E-state index contributed by atoms with van der Waals surface area (Å²) >= 11 is 6.19. The van der Waals surface area contributed by atoms with Gasteiger partial charge in [0.05, 0.1) is 6.04 Å². The van der Waals surface area contributed by atoms with Crippen molar-refractivity contribution in [3.63, 3.8) is 0 Å². The van der Waals surface area contributed by atoms with Gasteiger partial charge in [0.25, 0.3) is 0 Å². The largest absolute Gasteiger partial charge is 0.333 e. The SMILES string of the molecule is C=CCN(Cc1ccccc1Cl)C(=O)[C@H](N)Cc1ccccc1.Cl. The fourth-order valence-electron chi connectivity index (χ4n) is 2.41. The molecule has 1 amide bonds. The maximum atomic E-state index is 12.7. The zero-order chi connectivity index (χ0) is 16.7. The monoisotopic (exact) mass is 364 g/mol. The van der Waals surface area contributed by atoms with Gasteiger partial charge >= 0.3 is 0 Å². The number of nitrogens with zero attached hydrogens (tertiary/aromatic N) is 1. The van der Waals surface area contributed by atoms with Crippen molar-refractivity contribution in [3.05, 3.63) is 83.4 Å². The lowest BCUT2D eigenvalue weighted by Crippen LogP contribution is -2.44. The number of benzene rings is 2. The Bertz CT molecular complexity index is 661. The number of amides is 1. The van der Waals surface area contributed by atoms with Crippen LogP contribution in [0.5, 0.6) is 0 Å². The number of carbonyl (C=O) groups is 1. The normalized spacial score (nSPS) is 11.2. The first-order valence-corrected chi connectivity index (χ1v) is 7.92. The fourth-order valence-corrected chi connectivity index (χ4v) is 2.61. The van der Waals surface area contributed by atoms with Gasteiger partial charge < -0.3 is 10.6 Å². The molecule has 0 heterocycles. The fraction of sp³-hybridized carbons (Fsp3) is 0.211. The van der Waals surface area contributed by atoms with Crippen LogP contribution in [0.3, 0.4) is 0 Å². The molecule has 0 fully saturated rings. The van der Waals surface area contributed by atoms with Crippen LogP contribution in [-0.2, 0) is 17.8 Å². The number of rotatable bonds is 7. The average Bonchev–Trinajstić information content (AvgIpc) is 2.56. The van der Waals surface area contributed by atoms with Crippen molar-refractivity contribution in [2.75, 3.05) is 6.54 Å². The molecule has 24 heavy (non-hydrogen) atoms. The predicted octanol–water partition coefficient (Wildman–Crippen LogP) is 3.85. The zero-order valence-corrected chi connectivity index (χ0v) is 15.0. The summed E-state index contributed by atoms with van der Waals surface area (Å²) in [6.07, 6.45) is 2.21. The summed E-state index contributed by atoms with van der Waals surface area (Å²) in [6, 6.07) is 16.7. The van der Waals surface area contributed by atoms with Gasteiger partial charge in [-0.25, -0.2) is 0 Å². The lowest BCUT2D eigenvalue weighted by molar-refractivity contribution is -0.132. The molecule has 5 heteroatoms. The second kappa shape index (κ2) is 10.1. The van der Waals surface area contributed by atoms with E-state index in [0.717, 1.165) is 11.1 Å². The van der Waals surface area contributed by atoms with E-state index in [2.05, 4.69) is 6.58 Å². The van der Waals surface area contributed by atoms with Crippen LogP contribution in [0.25, 0.3) is 0 Å². The van der Waals surface area contributed by atoms with Crippen LogP contribution in [0, 0.1) is 0 Å². The summed E-state index contributed by atoms with van der Waals surface area (Å²) in [4.78, 5) is 14.3. The maximum Gasteiger partial charge on any atom is 0.240 e. The molecule has 2 N–H and O–H groups in total. The molecular weight excluding hydrogens is 343 g/mol. The molecule has 0 spiro atoms. The number of hydrogen-bond acceptors (Lipinski definition) is 2. The standard InChI is InChI=1S/C19H21ClN2O.ClH/c1-2-12-22(14-16-10-6-7-11-17(16)20)19(23)18(21)13-15-8-4-3-5-9-15;/h2-11,18H,1,12-14,21H2;1H/t18-;/m1./s1. The molecule has 1 atom stereocenters. The van der Waals surface area contributed by atoms with E-state index >= 15 is 0 Å². The Labute approximate surface area is 154 Å². The highest BCUT2D eigenvalue weighted by Crippen LogP contribution is 2.17. The minimum absolute atomic E-state index is 0. The second-order valence-corrected chi connectivity index (χ2v) is 5.80. The Hall–Kier alpha value is -1.81. The molecule has 0 saturated carbocycles. The summed E-state index contributed by atoms with van der Waals surface area (Å²) in [5, 5.41) is 0.644. The third-order valence-corrected chi connectivity index (χ3v) is 3.96. The molecule has 0 unspecified atom stereocenters. The van der Waals surface area contributed by atoms with Crippen LogP contribution in [0.4, 0.5) is 0 Å². The first kappa shape index (κ1) is 20.2. The Balaban J connectivity index is 0.00000288. The van der Waals surface area contributed by atoms with Gasteiger partial charge in [0.15, 0.2) is 0 Å². The number of carbonyl (C=O) groups excluding carboxylic acids is 1. The first-order valence-electron chi connectivity index (χ1n) is 7.54. The summed E-state index contributed by atoms with van der Waals surface area (Å²) in [7, 11) is 0. The quantitative estimate of drug-likeness (QED) is 0.758. The van der Waals surface area contributed by atoms with Crippen molar-refractivity contribution >= 4 is 29.9 Å². The third kappa shape index (κ3) is 5.68. The van der Waals surface area contributed by atoms with E-state index < -0.39 is 6.04 Å². The van der Waals surface area contributed by atoms with Crippen LogP contribution in [0.1, 0.15) is 11.1 Å². The van der Waals surface area contributed by atoms with Crippen LogP contribution in [0.15, 0.2) is 67.3 Å². The van der Waals surface area contributed by atoms with Gasteiger partial charge in [0.2, 0.25) is 5.91 Å². The van der Waals surface area contributed by atoms with E-state index in [1.165, 1.54) is 0 Å². The molecule has 0 aliphatic heterocycles. The minimum atomic E-state index is -0.583. The molecule has 0 aliphatic rings. The molecule has 0 aliphatic carbocycles. The van der Waals surface area contributed by atoms with Crippen LogP contribution in [0.2, 0.25) is 5.02 Å². The summed E-state index contributed by atoms with van der Waals surface area (Å²) < 4.78 is 0. The second-order valence-electron chi connectivity index (χ2n) is 5.40. The van der Waals surface area contributed by atoms with E-state index in [1.807, 2.05) is 54.6 Å². The molecule has 0 bridgehead atoms. The topological polar surface area (TPSA) is 46.3 Å². The molecule has 2 aromatic carbocycles. The minimum Gasteiger partial charge on any atom is -0.333 e. The van der Waals surface area contributed by atoms with Gasteiger partial charge in [0.1, 0.15) is 0 Å². The van der Waals surface area contributed by atoms with E-state index in [0.29, 0.717) is 24.5 Å². The van der Waals surface area contributed by atoms with Crippen molar-refractivity contribution in [1.29, 1.82) is 0 Å². The van der Waals surface area contributed by atoms with Crippen LogP contribution in [-0.4, -0.2) is 23.4 Å². The van der Waals surface area contributed by atoms with Gasteiger partial charge in [-0.2, -0.15) is 0 Å². The Morgan fingerprint density at radius 1 is 1.17 bits per heavy atom. The van der Waals surface area contributed by atoms with Crippen LogP contribution < -0.4 is 5.73 Å². The lowest BCUT2D eigenvalue weighted by Gasteiger charge is -2.25. The number of hydrogen-bond donors (Lipinski definition) is 1. The van der Waals surface area contributed by atoms with Gasteiger partial charge in [0, 0.05) is 18.1 Å². The molecule has 3 nitrogen and oxygen atoms in total. The lowest BCUT2D eigenvalue weighted by atomic mass is 10.1. The summed E-state index contributed by atoms with van der Waals surface area (Å²) in [5.74, 6) is -0.103. The average molecular weight is 365 g/mol. The van der Waals surface area contributed by atoms with Gasteiger partial charge in [-0.05, 0) is 23.6 Å². The third-order valence-electron chi connectivity index (χ3n) is 3.60. The van der Waals surface area contributed by atoms with Gasteiger partial charge in [-0.1, -0.05) is 66.2 Å². The van der Waals surface area contributed by atoms with Crippen LogP contribution >= 0.6 is 24.0 Å². The number of nitrogens with two attached hydrogens (primary N) is 1. The molecule has 0 saturated heterocycles. The van der Waals surface area contributed by atoms with Crippen molar-refractivity contribution in [2.45, 2.75) is 19.0 Å². The molecular formula is C19H22Cl2N2O. The summed E-state index contributed by atoms with van der Waals surface area (Å²) in [5.41, 5.74) is 8.06. The van der Waals surface area contributed by atoms with E-state index in [9.17, 15) is 4.79 Å². The van der Waals surface area contributed by atoms with Crippen molar-refractivity contribution in [1.82, 2.24) is 4.90 Å². The van der Waals surface area contributed by atoms with E-state index in [1.54, 1.807) is 11.0 Å². The Morgan fingerprint density at radius 3 is 2.42 bits per heavy atom. The molecule has 128 valence electrons. The van der Waals surface area contributed by atoms with Crippen molar-refractivity contribution in [2.24, 2.45) is 5.73 Å². The number of halogens is 2. The Morgan fingerprint density at radius 2 is 1.79 bits per heavy atom. The van der Waals surface area contributed by atoms with Crippen molar-refractivity contribution < 1.29 is 4.79 Å². The predicted molar refractivity (Wildman–Crippen MR) is 102 cm³/mol. The van der Waals surface area contributed by atoms with Gasteiger partial charge in [-0.15, -0.1) is 19.0 Å². The first-order chi connectivity index (χ1) is 11.1. The highest BCUT2D eigenvalue weighted by Gasteiger charge is 2.21. The van der Waals surface area contributed by atoms with Gasteiger partial charge in [-0.3, -0.25) is 4.79 Å². The maximum absolute atomic E-state index is 12.7. The molecule has 0 aromatic heterocycles. The van der Waals surface area contributed by atoms with E-state index in [4.69, 9.17) is 17.3 Å². The van der Waals surface area contributed by atoms with Crippen molar-refractivity contribution in [3.8, 4) is 0 Å².